The smallest absolute Gasteiger partial charge is 0.346 e. The van der Waals surface area contributed by atoms with Gasteiger partial charge in [0.1, 0.15) is 4.88 Å². The van der Waals surface area contributed by atoms with Crippen LogP contribution >= 0.6 is 11.3 Å². The second-order valence-electron chi connectivity index (χ2n) is 3.93. The second-order valence-corrected chi connectivity index (χ2v) is 4.94. The highest BCUT2D eigenvalue weighted by molar-refractivity contribution is 7.15. The molecule has 1 aromatic rings. The third-order valence-electron chi connectivity index (χ3n) is 2.86. The predicted molar refractivity (Wildman–Crippen MR) is 61.4 cm³/mol. The molecule has 3 nitrogen and oxygen atoms in total. The molecule has 1 saturated heterocycles. The van der Waals surface area contributed by atoms with Crippen LogP contribution in [0, 0.1) is 0 Å². The minimum absolute atomic E-state index is 0.480. The van der Waals surface area contributed by atoms with Gasteiger partial charge in [0.15, 0.2) is 5.13 Å². The van der Waals surface area contributed by atoms with E-state index in [1.807, 2.05) is 4.90 Å². The van der Waals surface area contributed by atoms with Crippen LogP contribution in [0.15, 0.2) is 6.20 Å². The van der Waals surface area contributed by atoms with Gasteiger partial charge in [-0.25, -0.2) is 4.98 Å². The zero-order valence-corrected chi connectivity index (χ0v) is 10.3. The van der Waals surface area contributed by atoms with Crippen molar-refractivity contribution in [3.8, 4) is 0 Å². The molecule has 0 atom stereocenters. The van der Waals surface area contributed by atoms with E-state index in [-0.39, 0.29) is 0 Å². The molecule has 7 heteroatoms. The lowest BCUT2D eigenvalue weighted by atomic mass is 10.3. The molecule has 96 valence electrons. The number of halogens is 3. The highest BCUT2D eigenvalue weighted by atomic mass is 32.1. The van der Waals surface area contributed by atoms with Crippen molar-refractivity contribution in [1.82, 2.24) is 9.88 Å². The van der Waals surface area contributed by atoms with Crippen LogP contribution in [0.1, 0.15) is 11.8 Å². The van der Waals surface area contributed by atoms with Gasteiger partial charge in [-0.05, 0) is 6.54 Å². The molecule has 0 N–H and O–H groups in total. The minimum atomic E-state index is -4.28. The third kappa shape index (κ3) is 2.90. The summed E-state index contributed by atoms with van der Waals surface area (Å²) in [6, 6.07) is 0. The van der Waals surface area contributed by atoms with Crippen molar-refractivity contribution in [2.45, 2.75) is 13.1 Å². The fourth-order valence-corrected chi connectivity index (χ4v) is 2.63. The number of nitrogens with zero attached hydrogens (tertiary/aromatic N) is 3. The Kier molecular flexibility index (Phi) is 3.58. The average molecular weight is 265 g/mol. The molecule has 0 bridgehead atoms. The van der Waals surface area contributed by atoms with Gasteiger partial charge in [0, 0.05) is 26.2 Å². The Balaban J connectivity index is 2.02. The standard InChI is InChI=1S/C10H14F3N3S/c1-2-15-3-5-16(6-4-15)9-14-7-8(17-9)10(11,12)13/h7H,2-6H2,1H3. The number of thiazole rings is 1. The van der Waals surface area contributed by atoms with Gasteiger partial charge in [0.05, 0.1) is 6.20 Å². The van der Waals surface area contributed by atoms with Gasteiger partial charge < -0.3 is 9.80 Å². The molecule has 0 aliphatic carbocycles. The maximum absolute atomic E-state index is 12.4. The van der Waals surface area contributed by atoms with Gasteiger partial charge in [0.2, 0.25) is 0 Å². The fourth-order valence-electron chi connectivity index (χ4n) is 1.80. The molecule has 0 radical (unpaired) electrons. The van der Waals surface area contributed by atoms with Gasteiger partial charge in [-0.2, -0.15) is 13.2 Å². The van der Waals surface area contributed by atoms with Crippen molar-refractivity contribution in [2.75, 3.05) is 37.6 Å². The Bertz CT molecular complexity index is 369. The van der Waals surface area contributed by atoms with Crippen LogP contribution in [0.3, 0.4) is 0 Å². The molecule has 0 aromatic carbocycles. The van der Waals surface area contributed by atoms with E-state index >= 15 is 0 Å². The fraction of sp³-hybridized carbons (Fsp3) is 0.700. The van der Waals surface area contributed by atoms with Gasteiger partial charge in [-0.1, -0.05) is 18.3 Å². The van der Waals surface area contributed by atoms with Crippen molar-refractivity contribution in [1.29, 1.82) is 0 Å². The summed E-state index contributed by atoms with van der Waals surface area (Å²) >= 11 is 0.726. The molecule has 2 rings (SSSR count). The predicted octanol–water partition coefficient (Wildman–Crippen LogP) is 2.30. The van der Waals surface area contributed by atoms with Crippen molar-refractivity contribution < 1.29 is 13.2 Å². The SMILES string of the molecule is CCN1CCN(c2ncc(C(F)(F)F)s2)CC1. The molecule has 0 saturated carbocycles. The lowest BCUT2D eigenvalue weighted by molar-refractivity contribution is -0.134. The first-order valence-corrected chi connectivity index (χ1v) is 6.32. The van der Waals surface area contributed by atoms with Crippen LogP contribution in [0.4, 0.5) is 18.3 Å². The van der Waals surface area contributed by atoms with E-state index < -0.39 is 11.1 Å². The first-order valence-electron chi connectivity index (χ1n) is 5.51. The number of piperazine rings is 1. The third-order valence-corrected chi connectivity index (χ3v) is 3.97. The van der Waals surface area contributed by atoms with E-state index in [0.29, 0.717) is 5.13 Å². The summed E-state index contributed by atoms with van der Waals surface area (Å²) in [5.41, 5.74) is 0. The van der Waals surface area contributed by atoms with Gasteiger partial charge in [0.25, 0.3) is 0 Å². The molecule has 1 fully saturated rings. The largest absolute Gasteiger partial charge is 0.427 e. The average Bonchev–Trinajstić information content (AvgIpc) is 2.78. The number of aromatic nitrogens is 1. The van der Waals surface area contributed by atoms with E-state index in [1.54, 1.807) is 0 Å². The first-order chi connectivity index (χ1) is 8.00. The van der Waals surface area contributed by atoms with Gasteiger partial charge in [-0.15, -0.1) is 0 Å². The number of rotatable bonds is 2. The summed E-state index contributed by atoms with van der Waals surface area (Å²) in [5.74, 6) is 0. The maximum atomic E-state index is 12.4. The summed E-state index contributed by atoms with van der Waals surface area (Å²) in [6.07, 6.45) is -3.35. The number of alkyl halides is 3. The Hall–Kier alpha value is -0.820. The summed E-state index contributed by atoms with van der Waals surface area (Å²) in [4.78, 5) is 7.44. The van der Waals surface area contributed by atoms with Crippen molar-refractivity contribution in [2.24, 2.45) is 0 Å². The zero-order chi connectivity index (χ0) is 12.5. The molecule has 1 aromatic heterocycles. The first kappa shape index (κ1) is 12.6. The lowest BCUT2D eigenvalue weighted by Gasteiger charge is -2.33. The molecule has 17 heavy (non-hydrogen) atoms. The normalized spacial score (nSPS) is 18.7. The van der Waals surface area contributed by atoms with E-state index in [9.17, 15) is 13.2 Å². The van der Waals surface area contributed by atoms with Crippen LogP contribution in [0.2, 0.25) is 0 Å². The van der Waals surface area contributed by atoms with Crippen LogP contribution in [0.25, 0.3) is 0 Å². The number of hydrogen-bond acceptors (Lipinski definition) is 4. The van der Waals surface area contributed by atoms with Crippen LogP contribution in [-0.4, -0.2) is 42.6 Å². The molecule has 0 amide bonds. The van der Waals surface area contributed by atoms with E-state index in [0.717, 1.165) is 50.3 Å². The van der Waals surface area contributed by atoms with E-state index in [2.05, 4.69) is 16.8 Å². The molecular weight excluding hydrogens is 251 g/mol. The number of hydrogen-bond donors (Lipinski definition) is 0. The Labute approximate surface area is 102 Å². The van der Waals surface area contributed by atoms with Gasteiger partial charge >= 0.3 is 6.18 Å². The van der Waals surface area contributed by atoms with Crippen molar-refractivity contribution >= 4 is 16.5 Å². The molecule has 0 unspecified atom stereocenters. The van der Waals surface area contributed by atoms with Crippen LogP contribution < -0.4 is 4.90 Å². The van der Waals surface area contributed by atoms with E-state index in [4.69, 9.17) is 0 Å². The Morgan fingerprint density at radius 2 is 1.94 bits per heavy atom. The zero-order valence-electron chi connectivity index (χ0n) is 9.50. The molecule has 1 aliphatic rings. The Morgan fingerprint density at radius 3 is 2.41 bits per heavy atom. The molecule has 2 heterocycles. The van der Waals surface area contributed by atoms with Crippen molar-refractivity contribution in [3.63, 3.8) is 0 Å². The quantitative estimate of drug-likeness (QED) is 0.818. The highest BCUT2D eigenvalue weighted by Crippen LogP contribution is 2.36. The van der Waals surface area contributed by atoms with E-state index in [1.165, 1.54) is 0 Å². The molecule has 1 aliphatic heterocycles. The Morgan fingerprint density at radius 1 is 1.29 bits per heavy atom. The summed E-state index contributed by atoms with van der Waals surface area (Å²) in [6.45, 7) is 6.34. The van der Waals surface area contributed by atoms with Crippen LogP contribution in [0.5, 0.6) is 0 Å². The monoisotopic (exact) mass is 265 g/mol. The lowest BCUT2D eigenvalue weighted by Crippen LogP contribution is -2.46. The van der Waals surface area contributed by atoms with Gasteiger partial charge in [-0.3, -0.25) is 0 Å². The summed E-state index contributed by atoms with van der Waals surface area (Å²) in [7, 11) is 0. The number of anilines is 1. The summed E-state index contributed by atoms with van der Waals surface area (Å²) < 4.78 is 37.3. The van der Waals surface area contributed by atoms with Crippen LogP contribution in [-0.2, 0) is 6.18 Å². The maximum Gasteiger partial charge on any atom is 0.427 e. The van der Waals surface area contributed by atoms with Crippen molar-refractivity contribution in [3.05, 3.63) is 11.1 Å². The summed E-state index contributed by atoms with van der Waals surface area (Å²) in [5, 5.41) is 0.480. The highest BCUT2D eigenvalue weighted by Gasteiger charge is 2.34. The number of likely N-dealkylation sites (N-methyl/N-ethyl adjacent to an activating group) is 1. The molecular formula is C10H14F3N3S. The molecule has 0 spiro atoms. The minimum Gasteiger partial charge on any atom is -0.346 e. The second kappa shape index (κ2) is 4.81. The topological polar surface area (TPSA) is 19.4 Å².